The Hall–Kier alpha value is -1.23. The maximum absolute atomic E-state index is 11.7. The van der Waals surface area contributed by atoms with Gasteiger partial charge < -0.3 is 9.64 Å². The molecule has 160 valence electrons. The molecule has 0 amide bonds. The number of ether oxygens (including phenoxy) is 1. The van der Waals surface area contributed by atoms with E-state index in [1.165, 1.54) is 51.4 Å². The Morgan fingerprint density at radius 1 is 0.893 bits per heavy atom. The maximum Gasteiger partial charge on any atom is 0.153 e. The summed E-state index contributed by atoms with van der Waals surface area (Å²) in [5.41, 5.74) is 1.03. The van der Waals surface area contributed by atoms with Gasteiger partial charge in [0.1, 0.15) is 5.75 Å². The van der Waals surface area contributed by atoms with E-state index in [1.54, 1.807) is 0 Å². The Morgan fingerprint density at radius 3 is 2.11 bits per heavy atom. The highest BCUT2D eigenvalue weighted by Crippen LogP contribution is 2.29. The van der Waals surface area contributed by atoms with E-state index in [4.69, 9.17) is 4.74 Å². The second-order valence-corrected chi connectivity index (χ2v) is 10.8. The molecule has 4 nitrogen and oxygen atoms in total. The van der Waals surface area contributed by atoms with Gasteiger partial charge in [0.2, 0.25) is 0 Å². The van der Waals surface area contributed by atoms with Crippen molar-refractivity contribution in [3.05, 3.63) is 24.3 Å². The molecule has 0 saturated carbocycles. The minimum atomic E-state index is -2.86. The predicted molar refractivity (Wildman–Crippen MR) is 119 cm³/mol. The van der Waals surface area contributed by atoms with Crippen molar-refractivity contribution in [1.29, 1.82) is 0 Å². The standard InChI is InChI=1S/C23H39NO3S/c1-21(2)13-9-7-5-3-4-6-8-12-18-27-23-15-11-10-14-22(23)24-16-19-28(25,26)20-17-24/h10-11,14-15,21H,3-9,12-13,16-20H2,1-2H3. The maximum atomic E-state index is 11.7. The molecule has 1 aromatic rings. The Labute approximate surface area is 172 Å². The number of hydrogen-bond acceptors (Lipinski definition) is 4. The second-order valence-electron chi connectivity index (χ2n) is 8.47. The molecule has 1 aromatic carbocycles. The van der Waals surface area contributed by atoms with E-state index < -0.39 is 9.84 Å². The first kappa shape index (κ1) is 23.1. The van der Waals surface area contributed by atoms with Gasteiger partial charge in [-0.05, 0) is 24.5 Å². The molecule has 0 bridgehead atoms. The van der Waals surface area contributed by atoms with E-state index >= 15 is 0 Å². The summed E-state index contributed by atoms with van der Waals surface area (Å²) in [6, 6.07) is 8.01. The van der Waals surface area contributed by atoms with Crippen molar-refractivity contribution in [2.75, 3.05) is 36.1 Å². The molecule has 1 aliphatic heterocycles. The van der Waals surface area contributed by atoms with Gasteiger partial charge in [0.25, 0.3) is 0 Å². The number of benzene rings is 1. The fraction of sp³-hybridized carbons (Fsp3) is 0.739. The highest BCUT2D eigenvalue weighted by Gasteiger charge is 2.23. The lowest BCUT2D eigenvalue weighted by Crippen LogP contribution is -2.40. The van der Waals surface area contributed by atoms with Gasteiger partial charge in [-0.2, -0.15) is 0 Å². The van der Waals surface area contributed by atoms with Gasteiger partial charge in [-0.3, -0.25) is 0 Å². The van der Waals surface area contributed by atoms with Crippen LogP contribution in [0.1, 0.15) is 71.6 Å². The fourth-order valence-corrected chi connectivity index (χ4v) is 4.89. The highest BCUT2D eigenvalue weighted by molar-refractivity contribution is 7.91. The van der Waals surface area contributed by atoms with Crippen LogP contribution in [0.3, 0.4) is 0 Å². The van der Waals surface area contributed by atoms with E-state index in [2.05, 4.69) is 18.7 Å². The number of unbranched alkanes of at least 4 members (excludes halogenated alkanes) is 7. The topological polar surface area (TPSA) is 46.6 Å². The summed E-state index contributed by atoms with van der Waals surface area (Å²) in [4.78, 5) is 2.13. The summed E-state index contributed by atoms with van der Waals surface area (Å²) in [7, 11) is -2.86. The molecule has 0 N–H and O–H groups in total. The van der Waals surface area contributed by atoms with Crippen molar-refractivity contribution in [2.45, 2.75) is 71.6 Å². The highest BCUT2D eigenvalue weighted by atomic mass is 32.2. The zero-order valence-electron chi connectivity index (χ0n) is 17.9. The average molecular weight is 410 g/mol. The van der Waals surface area contributed by atoms with Crippen LogP contribution in [-0.2, 0) is 9.84 Å². The Kier molecular flexibility index (Phi) is 10.2. The molecule has 0 aliphatic carbocycles. The van der Waals surface area contributed by atoms with Gasteiger partial charge in [0, 0.05) is 13.1 Å². The van der Waals surface area contributed by atoms with Gasteiger partial charge in [-0.1, -0.05) is 77.3 Å². The van der Waals surface area contributed by atoms with Crippen LogP contribution in [0.25, 0.3) is 0 Å². The van der Waals surface area contributed by atoms with Crippen LogP contribution in [0.5, 0.6) is 5.75 Å². The Balaban J connectivity index is 1.58. The van der Waals surface area contributed by atoms with Crippen molar-refractivity contribution in [1.82, 2.24) is 0 Å². The molecular formula is C23H39NO3S. The van der Waals surface area contributed by atoms with E-state index in [1.807, 2.05) is 24.3 Å². The van der Waals surface area contributed by atoms with E-state index in [-0.39, 0.29) is 11.5 Å². The normalized spacial score (nSPS) is 16.5. The first-order valence-electron chi connectivity index (χ1n) is 11.1. The number of anilines is 1. The van der Waals surface area contributed by atoms with Gasteiger partial charge >= 0.3 is 0 Å². The van der Waals surface area contributed by atoms with Crippen LogP contribution in [0.4, 0.5) is 5.69 Å². The van der Waals surface area contributed by atoms with Gasteiger partial charge in [0.15, 0.2) is 9.84 Å². The molecule has 1 saturated heterocycles. The van der Waals surface area contributed by atoms with E-state index in [0.29, 0.717) is 13.1 Å². The van der Waals surface area contributed by atoms with Crippen LogP contribution in [0.2, 0.25) is 0 Å². The molecule has 28 heavy (non-hydrogen) atoms. The SMILES string of the molecule is CC(C)CCCCCCCCCCOc1ccccc1N1CCS(=O)(=O)CC1. The number of para-hydroxylation sites is 2. The minimum absolute atomic E-state index is 0.235. The third-order valence-corrected chi connectivity index (χ3v) is 7.09. The summed E-state index contributed by atoms with van der Waals surface area (Å²) in [6.45, 7) is 6.45. The summed E-state index contributed by atoms with van der Waals surface area (Å²) in [5, 5.41) is 0. The number of hydrogen-bond donors (Lipinski definition) is 0. The molecule has 5 heteroatoms. The van der Waals surface area contributed by atoms with Crippen molar-refractivity contribution in [3.63, 3.8) is 0 Å². The number of rotatable bonds is 13. The van der Waals surface area contributed by atoms with Gasteiger partial charge in [0.05, 0.1) is 23.8 Å². The van der Waals surface area contributed by atoms with Crippen molar-refractivity contribution >= 4 is 15.5 Å². The van der Waals surface area contributed by atoms with Gasteiger partial charge in [-0.15, -0.1) is 0 Å². The van der Waals surface area contributed by atoms with Gasteiger partial charge in [-0.25, -0.2) is 8.42 Å². The number of sulfone groups is 1. The monoisotopic (exact) mass is 409 g/mol. The quantitative estimate of drug-likeness (QED) is 0.405. The summed E-state index contributed by atoms with van der Waals surface area (Å²) in [5.74, 6) is 2.19. The first-order chi connectivity index (χ1) is 13.5. The van der Waals surface area contributed by atoms with Crippen LogP contribution < -0.4 is 9.64 Å². The van der Waals surface area contributed by atoms with E-state index in [9.17, 15) is 8.42 Å². The third-order valence-electron chi connectivity index (χ3n) is 5.48. The molecule has 0 atom stereocenters. The fourth-order valence-electron chi connectivity index (χ4n) is 3.69. The molecule has 2 rings (SSSR count). The lowest BCUT2D eigenvalue weighted by atomic mass is 10.0. The molecule has 1 heterocycles. The van der Waals surface area contributed by atoms with Crippen molar-refractivity contribution < 1.29 is 13.2 Å². The molecule has 0 spiro atoms. The molecule has 1 aliphatic rings. The molecule has 0 radical (unpaired) electrons. The Morgan fingerprint density at radius 2 is 1.46 bits per heavy atom. The predicted octanol–water partition coefficient (Wildman–Crippen LogP) is 5.47. The van der Waals surface area contributed by atoms with Crippen LogP contribution in [0.15, 0.2) is 24.3 Å². The lowest BCUT2D eigenvalue weighted by molar-refractivity contribution is 0.304. The average Bonchev–Trinajstić information content (AvgIpc) is 2.66. The molecule has 0 aromatic heterocycles. The molecule has 1 fully saturated rings. The van der Waals surface area contributed by atoms with Crippen LogP contribution >= 0.6 is 0 Å². The zero-order valence-corrected chi connectivity index (χ0v) is 18.7. The van der Waals surface area contributed by atoms with Crippen LogP contribution in [0, 0.1) is 5.92 Å². The summed E-state index contributed by atoms with van der Waals surface area (Å²) >= 11 is 0. The number of nitrogens with zero attached hydrogens (tertiary/aromatic N) is 1. The zero-order chi connectivity index (χ0) is 20.2. The smallest absolute Gasteiger partial charge is 0.153 e. The minimum Gasteiger partial charge on any atom is -0.491 e. The molecular weight excluding hydrogens is 370 g/mol. The Bertz CT molecular complexity index is 644. The second kappa shape index (κ2) is 12.4. The first-order valence-corrected chi connectivity index (χ1v) is 13.0. The summed E-state index contributed by atoms with van der Waals surface area (Å²) < 4.78 is 29.3. The largest absolute Gasteiger partial charge is 0.491 e. The van der Waals surface area contributed by atoms with Crippen molar-refractivity contribution in [3.8, 4) is 5.75 Å². The molecule has 0 unspecified atom stereocenters. The van der Waals surface area contributed by atoms with E-state index in [0.717, 1.165) is 30.4 Å². The van der Waals surface area contributed by atoms with Crippen molar-refractivity contribution in [2.24, 2.45) is 5.92 Å². The van der Waals surface area contributed by atoms with Crippen LogP contribution in [-0.4, -0.2) is 39.6 Å². The summed E-state index contributed by atoms with van der Waals surface area (Å²) in [6.07, 6.45) is 11.8. The third kappa shape index (κ3) is 8.85. The lowest BCUT2D eigenvalue weighted by Gasteiger charge is -2.30.